The summed E-state index contributed by atoms with van der Waals surface area (Å²) in [6.07, 6.45) is 1.59. The SMILES string of the molecule is CCC(C(=O)O)c1c(Cl)ncnc1Cl. The summed E-state index contributed by atoms with van der Waals surface area (Å²) in [5.41, 5.74) is 0.283. The van der Waals surface area contributed by atoms with Crippen molar-refractivity contribution in [1.29, 1.82) is 0 Å². The molecule has 14 heavy (non-hydrogen) atoms. The number of carbonyl (C=O) groups is 1. The minimum atomic E-state index is -0.980. The summed E-state index contributed by atoms with van der Waals surface area (Å²) < 4.78 is 0. The topological polar surface area (TPSA) is 63.1 Å². The number of hydrogen-bond acceptors (Lipinski definition) is 3. The number of rotatable bonds is 3. The van der Waals surface area contributed by atoms with Gasteiger partial charge in [0, 0.05) is 5.56 Å². The van der Waals surface area contributed by atoms with Gasteiger partial charge in [0.15, 0.2) is 0 Å². The Morgan fingerprint density at radius 3 is 2.36 bits per heavy atom. The zero-order chi connectivity index (χ0) is 10.7. The number of aromatic nitrogens is 2. The van der Waals surface area contributed by atoms with Crippen molar-refractivity contribution in [2.75, 3.05) is 0 Å². The molecule has 1 N–H and O–H groups in total. The van der Waals surface area contributed by atoms with Crippen LogP contribution in [0.1, 0.15) is 24.8 Å². The molecular weight excluding hydrogens is 227 g/mol. The first-order valence-electron chi connectivity index (χ1n) is 3.96. The Bertz CT molecular complexity index is 337. The number of carboxylic acids is 1. The van der Waals surface area contributed by atoms with Gasteiger partial charge in [-0.1, -0.05) is 30.1 Å². The minimum Gasteiger partial charge on any atom is -0.481 e. The van der Waals surface area contributed by atoms with E-state index in [1.165, 1.54) is 6.33 Å². The molecule has 0 spiro atoms. The lowest BCUT2D eigenvalue weighted by Gasteiger charge is -2.11. The van der Waals surface area contributed by atoms with Gasteiger partial charge in [-0.05, 0) is 6.42 Å². The number of hydrogen-bond donors (Lipinski definition) is 1. The molecule has 0 aliphatic rings. The van der Waals surface area contributed by atoms with E-state index in [-0.39, 0.29) is 15.9 Å². The fourth-order valence-corrected chi connectivity index (χ4v) is 1.72. The second-order valence-electron chi connectivity index (χ2n) is 2.67. The standard InChI is InChI=1S/C8H8Cl2N2O2/c1-2-4(8(13)14)5-6(9)11-3-12-7(5)10/h3-4H,2H2,1H3,(H,13,14). The third kappa shape index (κ3) is 2.13. The first-order valence-corrected chi connectivity index (χ1v) is 4.72. The predicted octanol–water partition coefficient (Wildman–Crippen LogP) is 2.36. The average Bonchev–Trinajstić information content (AvgIpc) is 2.10. The Kier molecular flexibility index (Phi) is 3.66. The summed E-state index contributed by atoms with van der Waals surface area (Å²) in [4.78, 5) is 18.3. The summed E-state index contributed by atoms with van der Waals surface area (Å²) in [6.45, 7) is 1.73. The molecule has 0 fully saturated rings. The van der Waals surface area contributed by atoms with Gasteiger partial charge in [-0.25, -0.2) is 9.97 Å². The highest BCUT2D eigenvalue weighted by Gasteiger charge is 2.24. The third-order valence-electron chi connectivity index (χ3n) is 1.84. The summed E-state index contributed by atoms with van der Waals surface area (Å²) >= 11 is 11.5. The third-order valence-corrected chi connectivity index (χ3v) is 2.44. The molecule has 1 heterocycles. The molecular formula is C8H8Cl2N2O2. The molecule has 0 bridgehead atoms. The lowest BCUT2D eigenvalue weighted by atomic mass is 10.00. The van der Waals surface area contributed by atoms with Gasteiger partial charge in [0.1, 0.15) is 16.6 Å². The lowest BCUT2D eigenvalue weighted by Crippen LogP contribution is -2.12. The average molecular weight is 235 g/mol. The van der Waals surface area contributed by atoms with Crippen LogP contribution in [0.4, 0.5) is 0 Å². The highest BCUT2D eigenvalue weighted by Crippen LogP contribution is 2.30. The molecule has 1 aromatic heterocycles. The Hall–Kier alpha value is -0.870. The van der Waals surface area contributed by atoms with Crippen LogP contribution in [0.2, 0.25) is 10.3 Å². The Balaban J connectivity index is 3.22. The fraction of sp³-hybridized carbons (Fsp3) is 0.375. The van der Waals surface area contributed by atoms with E-state index >= 15 is 0 Å². The molecule has 1 aromatic rings. The Morgan fingerprint density at radius 1 is 1.50 bits per heavy atom. The molecule has 0 aliphatic carbocycles. The van der Waals surface area contributed by atoms with Crippen molar-refractivity contribution in [1.82, 2.24) is 9.97 Å². The zero-order valence-corrected chi connectivity index (χ0v) is 8.88. The summed E-state index contributed by atoms with van der Waals surface area (Å²) in [5.74, 6) is -1.73. The molecule has 0 aromatic carbocycles. The largest absolute Gasteiger partial charge is 0.481 e. The van der Waals surface area contributed by atoms with Crippen LogP contribution in [-0.4, -0.2) is 21.0 Å². The number of carboxylic acid groups (broad SMARTS) is 1. The van der Waals surface area contributed by atoms with Crippen molar-refractivity contribution in [3.63, 3.8) is 0 Å². The number of nitrogens with zero attached hydrogens (tertiary/aromatic N) is 2. The molecule has 4 nitrogen and oxygen atoms in total. The van der Waals surface area contributed by atoms with E-state index in [2.05, 4.69) is 9.97 Å². The quantitative estimate of drug-likeness (QED) is 0.816. The second-order valence-corrected chi connectivity index (χ2v) is 3.38. The molecule has 0 saturated carbocycles. The maximum Gasteiger partial charge on any atom is 0.311 e. The molecule has 1 rings (SSSR count). The van der Waals surface area contributed by atoms with Crippen LogP contribution in [0, 0.1) is 0 Å². The van der Waals surface area contributed by atoms with Crippen LogP contribution in [0.15, 0.2) is 6.33 Å². The van der Waals surface area contributed by atoms with Gasteiger partial charge < -0.3 is 5.11 Å². The van der Waals surface area contributed by atoms with Crippen molar-refractivity contribution in [2.24, 2.45) is 0 Å². The summed E-state index contributed by atoms with van der Waals surface area (Å²) in [7, 11) is 0. The van der Waals surface area contributed by atoms with Gasteiger partial charge in [0.05, 0.1) is 5.92 Å². The van der Waals surface area contributed by atoms with Gasteiger partial charge in [0.2, 0.25) is 0 Å². The lowest BCUT2D eigenvalue weighted by molar-refractivity contribution is -0.138. The first-order chi connectivity index (χ1) is 6.57. The highest BCUT2D eigenvalue weighted by molar-refractivity contribution is 6.34. The fourth-order valence-electron chi connectivity index (χ4n) is 1.14. The van der Waals surface area contributed by atoms with Crippen LogP contribution < -0.4 is 0 Å². The molecule has 6 heteroatoms. The zero-order valence-electron chi connectivity index (χ0n) is 7.37. The maximum absolute atomic E-state index is 10.9. The smallest absolute Gasteiger partial charge is 0.311 e. The predicted molar refractivity (Wildman–Crippen MR) is 52.7 cm³/mol. The van der Waals surface area contributed by atoms with Crippen LogP contribution >= 0.6 is 23.2 Å². The molecule has 76 valence electrons. The molecule has 1 unspecified atom stereocenters. The normalized spacial score (nSPS) is 12.5. The van der Waals surface area contributed by atoms with Crippen LogP contribution in [-0.2, 0) is 4.79 Å². The van der Waals surface area contributed by atoms with Crippen LogP contribution in [0.25, 0.3) is 0 Å². The highest BCUT2D eigenvalue weighted by atomic mass is 35.5. The summed E-state index contributed by atoms with van der Waals surface area (Å²) in [5, 5.41) is 9.10. The van der Waals surface area contributed by atoms with Gasteiger partial charge in [-0.2, -0.15) is 0 Å². The van der Waals surface area contributed by atoms with Crippen molar-refractivity contribution < 1.29 is 9.90 Å². The van der Waals surface area contributed by atoms with E-state index in [0.29, 0.717) is 6.42 Å². The Morgan fingerprint density at radius 2 is 2.00 bits per heavy atom. The van der Waals surface area contributed by atoms with Gasteiger partial charge >= 0.3 is 5.97 Å². The monoisotopic (exact) mass is 234 g/mol. The van der Waals surface area contributed by atoms with Crippen LogP contribution in [0.5, 0.6) is 0 Å². The van der Waals surface area contributed by atoms with E-state index in [0.717, 1.165) is 0 Å². The number of halogens is 2. The number of aliphatic carboxylic acids is 1. The van der Waals surface area contributed by atoms with Gasteiger partial charge in [0.25, 0.3) is 0 Å². The van der Waals surface area contributed by atoms with Crippen LogP contribution in [0.3, 0.4) is 0 Å². The molecule has 0 saturated heterocycles. The minimum absolute atomic E-state index is 0.0965. The molecule has 0 aliphatic heterocycles. The molecule has 0 amide bonds. The van der Waals surface area contributed by atoms with Gasteiger partial charge in [-0.15, -0.1) is 0 Å². The summed E-state index contributed by atoms with van der Waals surface area (Å²) in [6, 6.07) is 0. The van der Waals surface area contributed by atoms with E-state index in [9.17, 15) is 4.79 Å². The second kappa shape index (κ2) is 4.57. The van der Waals surface area contributed by atoms with E-state index in [1.54, 1.807) is 6.92 Å². The van der Waals surface area contributed by atoms with E-state index in [1.807, 2.05) is 0 Å². The Labute approximate surface area is 90.9 Å². The van der Waals surface area contributed by atoms with E-state index < -0.39 is 11.9 Å². The van der Waals surface area contributed by atoms with Crippen molar-refractivity contribution >= 4 is 29.2 Å². The van der Waals surface area contributed by atoms with Crippen molar-refractivity contribution in [3.05, 3.63) is 22.2 Å². The first kappa shape index (κ1) is 11.2. The van der Waals surface area contributed by atoms with E-state index in [4.69, 9.17) is 28.3 Å². The maximum atomic E-state index is 10.9. The van der Waals surface area contributed by atoms with Crippen molar-refractivity contribution in [2.45, 2.75) is 19.3 Å². The van der Waals surface area contributed by atoms with Crippen molar-refractivity contribution in [3.8, 4) is 0 Å². The molecule has 0 radical (unpaired) electrons. The molecule has 1 atom stereocenters. The van der Waals surface area contributed by atoms with Gasteiger partial charge in [-0.3, -0.25) is 4.79 Å².